The van der Waals surface area contributed by atoms with Crippen LogP contribution in [0.4, 0.5) is 0 Å². The lowest BCUT2D eigenvalue weighted by atomic mass is 9.34. The van der Waals surface area contributed by atoms with Gasteiger partial charge in [0.05, 0.1) is 43.0 Å². The Morgan fingerprint density at radius 2 is 1.36 bits per heavy atom. The SMILES string of the molecule is CC[C@H](O)[C@@H](O)C(O[C@@H]1OC(C)[C@H](OCC(O)[C@@H](O)[C@H](O)CO)[C@H](O)C1O)C(O)OC(=O)[C@]12CCC(C)(C)CCC1C1=CCC3C4(C)CC[C@H](O[C@@H]5OC(C(=O)NCCCCCCCCc6ccc(Oc7ccccc7)cc6)[C@@H](O)[C@H](O)C5O)[C@](C)(C=O)[C@@H]4CC[C@]3(C)C1(C)CC2O. The molecule has 6 fully saturated rings. The van der Waals surface area contributed by atoms with Gasteiger partial charge >= 0.3 is 5.97 Å². The van der Waals surface area contributed by atoms with Crippen LogP contribution in [0.1, 0.15) is 170 Å². The van der Waals surface area contributed by atoms with Gasteiger partial charge < -0.3 is 110 Å². The van der Waals surface area contributed by atoms with E-state index in [9.17, 15) is 76.0 Å². The number of aliphatic hydroxyl groups is 13. The minimum atomic E-state index is -2.35. The molecule has 24 heteroatoms. The Bertz CT molecular complexity index is 2960. The number of unbranched alkanes of at least 4 members (excludes halogenated alkanes) is 5. The maximum atomic E-state index is 15.5. The second kappa shape index (κ2) is 32.3. The summed E-state index contributed by atoms with van der Waals surface area (Å²) >= 11 is 0. The molecule has 2 aromatic rings. The van der Waals surface area contributed by atoms with Crippen molar-refractivity contribution in [3.8, 4) is 11.5 Å². The second-order valence-corrected chi connectivity index (χ2v) is 31.2. The summed E-state index contributed by atoms with van der Waals surface area (Å²) in [6.07, 6.45) is -17.7. The Morgan fingerprint density at radius 3 is 2.03 bits per heavy atom. The molecule has 1 amide bonds. The Morgan fingerprint density at radius 1 is 0.694 bits per heavy atom. The van der Waals surface area contributed by atoms with Gasteiger partial charge in [0.15, 0.2) is 24.8 Å². The van der Waals surface area contributed by atoms with Gasteiger partial charge in [-0.1, -0.05) is 116 Å². The maximum absolute atomic E-state index is 15.5. The van der Waals surface area contributed by atoms with Crippen molar-refractivity contribution < 1.29 is 114 Å². The summed E-state index contributed by atoms with van der Waals surface area (Å²) < 4.78 is 42.0. The largest absolute Gasteiger partial charge is 0.457 e. The van der Waals surface area contributed by atoms with Crippen LogP contribution in [0.3, 0.4) is 0 Å². The van der Waals surface area contributed by atoms with Crippen molar-refractivity contribution in [1.29, 1.82) is 0 Å². The first-order valence-electron chi connectivity index (χ1n) is 35.8. The van der Waals surface area contributed by atoms with Crippen LogP contribution in [0.25, 0.3) is 0 Å². The summed E-state index contributed by atoms with van der Waals surface area (Å²) in [4.78, 5) is 43.0. The van der Waals surface area contributed by atoms with E-state index >= 15 is 4.79 Å². The van der Waals surface area contributed by atoms with Crippen molar-refractivity contribution in [3.63, 3.8) is 0 Å². The predicted molar refractivity (Wildman–Crippen MR) is 355 cm³/mol. The molecule has 12 unspecified atom stereocenters. The zero-order chi connectivity index (χ0) is 71.5. The zero-order valence-corrected chi connectivity index (χ0v) is 58.3. The molecule has 2 heterocycles. The van der Waals surface area contributed by atoms with Crippen molar-refractivity contribution in [3.05, 3.63) is 71.8 Å². The van der Waals surface area contributed by atoms with Crippen LogP contribution < -0.4 is 10.1 Å². The summed E-state index contributed by atoms with van der Waals surface area (Å²) in [5, 5.41) is 146. The van der Waals surface area contributed by atoms with E-state index in [1.54, 1.807) is 6.92 Å². The van der Waals surface area contributed by atoms with E-state index in [1.165, 1.54) is 12.5 Å². The molecule has 2 saturated heterocycles. The lowest BCUT2D eigenvalue weighted by Gasteiger charge is -2.71. The molecule has 5 aliphatic carbocycles. The molecular formula is C74H113NO23. The van der Waals surface area contributed by atoms with E-state index in [2.05, 4.69) is 58.1 Å². The number of ether oxygens (including phenoxy) is 7. The summed E-state index contributed by atoms with van der Waals surface area (Å²) in [5.41, 5.74) is -2.63. The number of hydrogen-bond donors (Lipinski definition) is 14. The van der Waals surface area contributed by atoms with Gasteiger partial charge in [0, 0.05) is 6.54 Å². The maximum Gasteiger partial charge on any atom is 0.317 e. The fourth-order valence-corrected chi connectivity index (χ4v) is 18.3. The molecule has 24 nitrogen and oxygen atoms in total. The molecule has 2 aliphatic heterocycles. The number of rotatable bonds is 29. The summed E-state index contributed by atoms with van der Waals surface area (Å²) in [6.45, 7) is 14.4. The fraction of sp³-hybridized carbons (Fsp3) is 0.770. The van der Waals surface area contributed by atoms with Crippen molar-refractivity contribution in [2.45, 2.75) is 287 Å². The average molecular weight is 1380 g/mol. The number of allylic oxidation sites excluding steroid dienone is 2. The van der Waals surface area contributed by atoms with E-state index in [4.69, 9.17) is 33.2 Å². The molecule has 0 aromatic heterocycles. The zero-order valence-electron chi connectivity index (χ0n) is 58.3. The highest BCUT2D eigenvalue weighted by Gasteiger charge is 2.72. The summed E-state index contributed by atoms with van der Waals surface area (Å²) in [5.74, 6) is -0.982. The second-order valence-electron chi connectivity index (χ2n) is 31.2. The van der Waals surface area contributed by atoms with E-state index in [0.717, 1.165) is 61.9 Å². The number of para-hydroxylation sites is 1. The first kappa shape index (κ1) is 78.0. The molecule has 98 heavy (non-hydrogen) atoms. The van der Waals surface area contributed by atoms with Gasteiger partial charge in [-0.15, -0.1) is 0 Å². The number of esters is 1. The summed E-state index contributed by atoms with van der Waals surface area (Å²) in [7, 11) is 0. The molecule has 9 rings (SSSR count). The molecule has 14 N–H and O–H groups in total. The number of benzene rings is 2. The normalized spacial score (nSPS) is 39.0. The molecule has 27 atom stereocenters. The minimum absolute atomic E-state index is 0.0640. The van der Waals surface area contributed by atoms with E-state index in [-0.39, 0.29) is 36.5 Å². The molecular weight excluding hydrogens is 1270 g/mol. The molecule has 0 spiro atoms. The quantitative estimate of drug-likeness (QED) is 0.0135. The monoisotopic (exact) mass is 1380 g/mol. The van der Waals surface area contributed by atoms with Crippen LogP contribution in [0, 0.1) is 50.2 Å². The summed E-state index contributed by atoms with van der Waals surface area (Å²) in [6, 6.07) is 17.8. The Balaban J connectivity index is 0.837. The Hall–Kier alpha value is -4.13. The number of carbonyl (C=O) groups is 3. The van der Waals surface area contributed by atoms with Gasteiger partial charge in [0.2, 0.25) is 6.29 Å². The number of aryl methyl sites for hydroxylation is 1. The molecule has 7 aliphatic rings. The molecule has 0 bridgehead atoms. The fourth-order valence-electron chi connectivity index (χ4n) is 18.3. The first-order chi connectivity index (χ1) is 46.4. The highest BCUT2D eigenvalue weighted by atomic mass is 16.7. The van der Waals surface area contributed by atoms with Crippen LogP contribution in [0.15, 0.2) is 66.2 Å². The van der Waals surface area contributed by atoms with Crippen LogP contribution in [-0.4, -0.2) is 221 Å². The number of amides is 1. The molecule has 4 saturated carbocycles. The first-order valence-corrected chi connectivity index (χ1v) is 35.8. The van der Waals surface area contributed by atoms with E-state index < -0.39 is 175 Å². The number of hydrogen-bond acceptors (Lipinski definition) is 23. The van der Waals surface area contributed by atoms with Gasteiger partial charge in [-0.2, -0.15) is 0 Å². The van der Waals surface area contributed by atoms with Crippen LogP contribution in [0.5, 0.6) is 11.5 Å². The Labute approximate surface area is 576 Å². The topological polar surface area (TPSA) is 391 Å². The van der Waals surface area contributed by atoms with Crippen molar-refractivity contribution in [2.24, 2.45) is 50.2 Å². The minimum Gasteiger partial charge on any atom is -0.457 e. The highest BCUT2D eigenvalue weighted by Crippen LogP contribution is 2.75. The molecule has 552 valence electrons. The lowest BCUT2D eigenvalue weighted by Crippen LogP contribution is -2.68. The highest BCUT2D eigenvalue weighted by molar-refractivity contribution is 5.82. The van der Waals surface area contributed by atoms with E-state index in [1.807, 2.05) is 49.4 Å². The van der Waals surface area contributed by atoms with Gasteiger partial charge in [-0.3, -0.25) is 9.59 Å². The number of nitrogens with one attached hydrogen (secondary N) is 1. The lowest BCUT2D eigenvalue weighted by molar-refractivity contribution is -0.338. The molecule has 0 radical (unpaired) electrons. The Kier molecular flexibility index (Phi) is 25.7. The van der Waals surface area contributed by atoms with Gasteiger partial charge in [-0.25, -0.2) is 0 Å². The number of aliphatic hydroxyl groups excluding tert-OH is 13. The number of aldehydes is 1. The third kappa shape index (κ3) is 15.7. The standard InChI is InChI=1S/C74H113NO23/c1-9-47(78)55(83)63(97-66-60(88)58(86)61(41(2)93-66)92-39-49(80)54(82)48(79)38-76)65(90)98-68(91)74-35-34-69(3,4)31-28-46(74)45-26-27-51-70(5)32-30-53(71(6,40-77)50(70)29-33-72(51,7)73(45,8)37-52(74)81)95-67-59(87)56(84)57(85)62(96-67)64(89)75-36-18-13-11-10-12-15-19-42-22-24-44(25-23-42)94-43-20-16-14-17-21-43/h14,16-17,20-26,40-41,46-63,65-67,76,78-88,90H,9-13,15,18-19,27-39H2,1-8H3,(H,75,89)/t41?,46?,47-,48+,49?,50+,51?,52?,53-,54-,55+,56-,57-,58+,59?,60?,61-,62?,63?,65?,66-,67+,70?,71+,72-,73?,74+/m0/s1. The van der Waals surface area contributed by atoms with Gasteiger partial charge in [0.25, 0.3) is 5.91 Å². The van der Waals surface area contributed by atoms with E-state index in [0.29, 0.717) is 64.3 Å². The predicted octanol–water partition coefficient (Wildman–Crippen LogP) is 4.32. The molecule has 2 aromatic carbocycles. The smallest absolute Gasteiger partial charge is 0.317 e. The van der Waals surface area contributed by atoms with Crippen molar-refractivity contribution in [1.82, 2.24) is 5.32 Å². The average Bonchev–Trinajstić information content (AvgIpc) is 0.806. The van der Waals surface area contributed by atoms with Crippen LogP contribution in [0.2, 0.25) is 0 Å². The third-order valence-electron chi connectivity index (χ3n) is 24.7. The third-order valence-corrected chi connectivity index (χ3v) is 24.7. The van der Waals surface area contributed by atoms with Crippen LogP contribution >= 0.6 is 0 Å². The van der Waals surface area contributed by atoms with Crippen molar-refractivity contribution >= 4 is 18.2 Å². The van der Waals surface area contributed by atoms with Gasteiger partial charge in [-0.05, 0) is 166 Å². The van der Waals surface area contributed by atoms with Gasteiger partial charge in [0.1, 0.15) is 84.2 Å². The number of fused-ring (bicyclic) bond motifs is 7. The van der Waals surface area contributed by atoms with Crippen LogP contribution in [-0.2, 0) is 49.2 Å². The number of carbonyl (C=O) groups excluding carboxylic acids is 3. The van der Waals surface area contributed by atoms with Crippen molar-refractivity contribution in [2.75, 3.05) is 19.8 Å².